The Balaban J connectivity index is 2.27. The quantitative estimate of drug-likeness (QED) is 0.763. The predicted molar refractivity (Wildman–Crippen MR) is 66.4 cm³/mol. The Hall–Kier alpha value is -2.76. The van der Waals surface area contributed by atoms with Gasteiger partial charge in [0.15, 0.2) is 0 Å². The maximum Gasteiger partial charge on any atom is 0.337 e. The highest BCUT2D eigenvalue weighted by molar-refractivity contribution is 5.97. The molecule has 3 N–H and O–H groups in total. The van der Waals surface area contributed by atoms with Gasteiger partial charge in [0.2, 0.25) is 0 Å². The molecule has 0 saturated carbocycles. The van der Waals surface area contributed by atoms with Crippen molar-refractivity contribution in [2.45, 2.75) is 6.54 Å². The maximum absolute atomic E-state index is 11.1. The third-order valence-electron chi connectivity index (χ3n) is 2.53. The SMILES string of the molecule is O=C(O)c1ccc(C(=O)O)c(NCc2ccco2)c1. The first-order chi connectivity index (χ1) is 9.08. The minimum Gasteiger partial charge on any atom is -0.478 e. The van der Waals surface area contributed by atoms with Gasteiger partial charge in [-0.2, -0.15) is 0 Å². The van der Waals surface area contributed by atoms with Gasteiger partial charge in [0, 0.05) is 5.69 Å². The molecule has 0 aliphatic carbocycles. The van der Waals surface area contributed by atoms with E-state index in [0.717, 1.165) is 0 Å². The van der Waals surface area contributed by atoms with Gasteiger partial charge in [-0.1, -0.05) is 0 Å². The number of rotatable bonds is 5. The molecular weight excluding hydrogens is 250 g/mol. The van der Waals surface area contributed by atoms with Crippen molar-refractivity contribution in [3.63, 3.8) is 0 Å². The monoisotopic (exact) mass is 261 g/mol. The van der Waals surface area contributed by atoms with Crippen molar-refractivity contribution in [1.29, 1.82) is 0 Å². The average Bonchev–Trinajstić information content (AvgIpc) is 2.88. The zero-order chi connectivity index (χ0) is 13.8. The molecule has 2 rings (SSSR count). The number of benzene rings is 1. The van der Waals surface area contributed by atoms with E-state index in [1.54, 1.807) is 12.1 Å². The minimum atomic E-state index is -1.13. The Bertz CT molecular complexity index is 604. The summed E-state index contributed by atoms with van der Waals surface area (Å²) in [5, 5.41) is 20.8. The standard InChI is InChI=1S/C13H11NO5/c15-12(16)8-3-4-10(13(17)18)11(6-8)14-7-9-2-1-5-19-9/h1-6,14H,7H2,(H,15,16)(H,17,18). The van der Waals surface area contributed by atoms with Crippen LogP contribution in [-0.2, 0) is 6.54 Å². The number of aromatic carboxylic acids is 2. The van der Waals surface area contributed by atoms with Crippen molar-refractivity contribution >= 4 is 17.6 Å². The van der Waals surface area contributed by atoms with Crippen LogP contribution in [0.15, 0.2) is 41.0 Å². The summed E-state index contributed by atoms with van der Waals surface area (Å²) in [5.74, 6) is -1.62. The number of carboxylic acid groups (broad SMARTS) is 2. The Morgan fingerprint density at radius 2 is 1.95 bits per heavy atom. The van der Waals surface area contributed by atoms with Gasteiger partial charge in [0.05, 0.1) is 23.9 Å². The Labute approximate surface area is 108 Å². The lowest BCUT2D eigenvalue weighted by molar-refractivity contribution is 0.0682. The lowest BCUT2D eigenvalue weighted by atomic mass is 10.1. The van der Waals surface area contributed by atoms with Crippen LogP contribution < -0.4 is 5.32 Å². The number of carboxylic acids is 2. The van der Waals surface area contributed by atoms with E-state index in [-0.39, 0.29) is 23.4 Å². The van der Waals surface area contributed by atoms with Crippen molar-refractivity contribution in [3.05, 3.63) is 53.5 Å². The summed E-state index contributed by atoms with van der Waals surface area (Å²) in [7, 11) is 0. The second kappa shape index (κ2) is 5.26. The fraction of sp³-hybridized carbons (Fsp3) is 0.0769. The van der Waals surface area contributed by atoms with Crippen LogP contribution in [0.3, 0.4) is 0 Å². The van der Waals surface area contributed by atoms with E-state index >= 15 is 0 Å². The molecule has 1 heterocycles. The molecule has 0 aliphatic heterocycles. The molecule has 0 unspecified atom stereocenters. The Morgan fingerprint density at radius 3 is 2.53 bits per heavy atom. The minimum absolute atomic E-state index is 0.0107. The largest absolute Gasteiger partial charge is 0.478 e. The van der Waals surface area contributed by atoms with Gasteiger partial charge in [-0.3, -0.25) is 0 Å². The summed E-state index contributed by atoms with van der Waals surface area (Å²) in [6.07, 6.45) is 1.50. The molecule has 2 aromatic rings. The van der Waals surface area contributed by atoms with Crippen LogP contribution in [0, 0.1) is 0 Å². The maximum atomic E-state index is 11.1. The van der Waals surface area contributed by atoms with E-state index in [2.05, 4.69) is 5.32 Å². The van der Waals surface area contributed by atoms with Crippen molar-refractivity contribution in [2.75, 3.05) is 5.32 Å². The Kier molecular flexibility index (Phi) is 3.51. The summed E-state index contributed by atoms with van der Waals surface area (Å²) in [6.45, 7) is 0.274. The fourth-order valence-corrected chi connectivity index (χ4v) is 1.61. The lowest BCUT2D eigenvalue weighted by Crippen LogP contribution is -2.08. The van der Waals surface area contributed by atoms with Crippen LogP contribution in [0.1, 0.15) is 26.5 Å². The van der Waals surface area contributed by atoms with Gasteiger partial charge in [-0.05, 0) is 30.3 Å². The predicted octanol–water partition coefficient (Wildman–Crippen LogP) is 2.29. The first-order valence-corrected chi connectivity index (χ1v) is 5.45. The van der Waals surface area contributed by atoms with Crippen LogP contribution in [0.25, 0.3) is 0 Å². The first-order valence-electron chi connectivity index (χ1n) is 5.45. The molecule has 0 aliphatic rings. The Morgan fingerprint density at radius 1 is 1.16 bits per heavy atom. The lowest BCUT2D eigenvalue weighted by Gasteiger charge is -2.09. The normalized spacial score (nSPS) is 10.1. The van der Waals surface area contributed by atoms with E-state index in [0.29, 0.717) is 5.76 Å². The number of hydrogen-bond donors (Lipinski definition) is 3. The summed E-state index contributed by atoms with van der Waals surface area (Å²) >= 11 is 0. The fourth-order valence-electron chi connectivity index (χ4n) is 1.61. The number of furan rings is 1. The van der Waals surface area contributed by atoms with Gasteiger partial charge in [0.1, 0.15) is 5.76 Å². The molecule has 1 aromatic carbocycles. The summed E-state index contributed by atoms with van der Waals surface area (Å²) in [6, 6.07) is 7.24. The third-order valence-corrected chi connectivity index (χ3v) is 2.53. The molecule has 19 heavy (non-hydrogen) atoms. The second-order valence-corrected chi connectivity index (χ2v) is 3.80. The van der Waals surface area contributed by atoms with Crippen LogP contribution in [0.5, 0.6) is 0 Å². The zero-order valence-corrected chi connectivity index (χ0v) is 9.79. The van der Waals surface area contributed by atoms with E-state index in [1.807, 2.05) is 0 Å². The van der Waals surface area contributed by atoms with Gasteiger partial charge in [-0.25, -0.2) is 9.59 Å². The number of anilines is 1. The van der Waals surface area contributed by atoms with Crippen molar-refractivity contribution in [2.24, 2.45) is 0 Å². The summed E-state index contributed by atoms with van der Waals surface area (Å²) < 4.78 is 5.11. The zero-order valence-electron chi connectivity index (χ0n) is 9.79. The highest BCUT2D eigenvalue weighted by Crippen LogP contribution is 2.19. The number of nitrogens with one attached hydrogen (secondary N) is 1. The molecule has 0 bridgehead atoms. The second-order valence-electron chi connectivity index (χ2n) is 3.80. The van der Waals surface area contributed by atoms with E-state index in [1.165, 1.54) is 24.5 Å². The van der Waals surface area contributed by atoms with Gasteiger partial charge in [0.25, 0.3) is 0 Å². The van der Waals surface area contributed by atoms with Crippen molar-refractivity contribution < 1.29 is 24.2 Å². The number of carbonyl (C=O) groups is 2. The molecule has 0 spiro atoms. The molecule has 1 aromatic heterocycles. The van der Waals surface area contributed by atoms with Gasteiger partial charge in [-0.15, -0.1) is 0 Å². The van der Waals surface area contributed by atoms with Crippen LogP contribution in [0.4, 0.5) is 5.69 Å². The molecule has 6 nitrogen and oxygen atoms in total. The molecular formula is C13H11NO5. The summed E-state index contributed by atoms with van der Waals surface area (Å²) in [5.41, 5.74) is 0.271. The summed E-state index contributed by atoms with van der Waals surface area (Å²) in [4.78, 5) is 21.9. The smallest absolute Gasteiger partial charge is 0.337 e. The van der Waals surface area contributed by atoms with E-state index < -0.39 is 11.9 Å². The van der Waals surface area contributed by atoms with E-state index in [9.17, 15) is 9.59 Å². The van der Waals surface area contributed by atoms with Crippen molar-refractivity contribution in [1.82, 2.24) is 0 Å². The van der Waals surface area contributed by atoms with E-state index in [4.69, 9.17) is 14.6 Å². The molecule has 0 amide bonds. The number of hydrogen-bond acceptors (Lipinski definition) is 4. The topological polar surface area (TPSA) is 99.8 Å². The molecule has 0 fully saturated rings. The molecule has 0 saturated heterocycles. The third kappa shape index (κ3) is 2.92. The molecule has 98 valence electrons. The molecule has 6 heteroatoms. The highest BCUT2D eigenvalue weighted by atomic mass is 16.4. The average molecular weight is 261 g/mol. The molecule has 0 atom stereocenters. The highest BCUT2D eigenvalue weighted by Gasteiger charge is 2.13. The molecule has 0 radical (unpaired) electrons. The van der Waals surface area contributed by atoms with Crippen LogP contribution in [0.2, 0.25) is 0 Å². The van der Waals surface area contributed by atoms with Gasteiger partial charge >= 0.3 is 11.9 Å². The first kappa shape index (κ1) is 12.7. The van der Waals surface area contributed by atoms with Crippen molar-refractivity contribution in [3.8, 4) is 0 Å². The van der Waals surface area contributed by atoms with Gasteiger partial charge < -0.3 is 19.9 Å². The van der Waals surface area contributed by atoms with Crippen LogP contribution in [-0.4, -0.2) is 22.2 Å². The van der Waals surface area contributed by atoms with Crippen LogP contribution >= 0.6 is 0 Å².